The molecule has 4 aromatic rings. The number of hydrogen-bond acceptors (Lipinski definition) is 8. The summed E-state index contributed by atoms with van der Waals surface area (Å²) in [5.74, 6) is -0.952. The van der Waals surface area contributed by atoms with E-state index in [1.165, 1.54) is 6.26 Å². The number of hydrogen-bond donors (Lipinski definition) is 2. The molecule has 12 nitrogen and oxygen atoms in total. The van der Waals surface area contributed by atoms with E-state index in [1.54, 1.807) is 30.3 Å². The summed E-state index contributed by atoms with van der Waals surface area (Å²) in [6, 6.07) is 14.3. The number of nitrogens with zero attached hydrogens (tertiary/aromatic N) is 2. The van der Waals surface area contributed by atoms with Crippen molar-refractivity contribution in [3.63, 3.8) is 0 Å². The topological polar surface area (TPSA) is 154 Å². The fraction of sp³-hybridized carbons (Fsp3) is 0.182. The van der Waals surface area contributed by atoms with Gasteiger partial charge in [0, 0.05) is 0 Å². The Hall–Kier alpha value is -4.74. The van der Waals surface area contributed by atoms with E-state index in [4.69, 9.17) is 18.5 Å². The zero-order chi connectivity index (χ0) is 23.9. The Morgan fingerprint density at radius 2 is 1.24 bits per heavy atom. The van der Waals surface area contributed by atoms with Gasteiger partial charge in [-0.25, -0.2) is 29.1 Å². The summed E-state index contributed by atoms with van der Waals surface area (Å²) < 4.78 is 22.4. The quantitative estimate of drug-likeness (QED) is 0.324. The van der Waals surface area contributed by atoms with Crippen LogP contribution in [0, 0.1) is 0 Å². The Labute approximate surface area is 190 Å². The predicted molar refractivity (Wildman–Crippen MR) is 118 cm³/mol. The molecule has 2 heterocycles. The smallest absolute Gasteiger partial charge is 0.440 e. The van der Waals surface area contributed by atoms with E-state index in [0.717, 1.165) is 26.2 Å². The number of benzene rings is 2. The molecule has 0 saturated heterocycles. The number of aromatic amines is 2. The highest BCUT2D eigenvalue weighted by atomic mass is 16.5. The summed E-state index contributed by atoms with van der Waals surface area (Å²) in [5, 5.41) is 0. The predicted octanol–water partition coefficient (Wildman–Crippen LogP) is 0.779. The first kappa shape index (κ1) is 22.5. The number of nitrogens with one attached hydrogen (secondary N) is 2. The van der Waals surface area contributed by atoms with Gasteiger partial charge in [0.05, 0.1) is 19.4 Å². The van der Waals surface area contributed by atoms with E-state index in [2.05, 4.69) is 0 Å². The van der Waals surface area contributed by atoms with Crippen LogP contribution in [0.4, 0.5) is 0 Å². The van der Waals surface area contributed by atoms with Crippen LogP contribution >= 0.6 is 0 Å². The van der Waals surface area contributed by atoms with Crippen LogP contribution in [-0.4, -0.2) is 26.1 Å². The molecule has 34 heavy (non-hydrogen) atoms. The second-order valence-corrected chi connectivity index (χ2v) is 7.15. The van der Waals surface area contributed by atoms with Gasteiger partial charge < -0.3 is 18.5 Å². The standard InChI is InChI=1S/C22H20N4O8/c27-19-23-21(29)33-25(19)12-15-2-4-17(5-3-15)14-31-10-1-11-32-18-8-6-16(7-9-18)13-26-20(28)24-22(30)34-26/h1-10H,11-14H2,(H,23,27,29)(H,24,28,30). The maximum atomic E-state index is 11.5. The third-order valence-corrected chi connectivity index (χ3v) is 4.64. The summed E-state index contributed by atoms with van der Waals surface area (Å²) in [6.45, 7) is 0.923. The second-order valence-electron chi connectivity index (χ2n) is 7.15. The lowest BCUT2D eigenvalue weighted by atomic mass is 10.1. The summed E-state index contributed by atoms with van der Waals surface area (Å²) in [6.07, 6.45) is 3.26. The molecule has 0 fully saturated rings. The van der Waals surface area contributed by atoms with E-state index in [1.807, 2.05) is 34.2 Å². The van der Waals surface area contributed by atoms with Crippen molar-refractivity contribution in [2.24, 2.45) is 0 Å². The average Bonchev–Trinajstić information content (AvgIpc) is 3.31. The van der Waals surface area contributed by atoms with Gasteiger partial charge in [0.1, 0.15) is 19.0 Å². The third-order valence-electron chi connectivity index (χ3n) is 4.64. The first-order valence-electron chi connectivity index (χ1n) is 10.1. The van der Waals surface area contributed by atoms with Gasteiger partial charge in [0.15, 0.2) is 0 Å². The highest BCUT2D eigenvalue weighted by molar-refractivity contribution is 5.27. The molecule has 0 saturated carbocycles. The Bertz CT molecular complexity index is 1370. The first-order chi connectivity index (χ1) is 16.5. The second kappa shape index (κ2) is 10.3. The number of rotatable bonds is 10. The lowest BCUT2D eigenvalue weighted by Gasteiger charge is -2.05. The number of aromatic nitrogens is 4. The van der Waals surface area contributed by atoms with Crippen molar-refractivity contribution in [1.82, 2.24) is 19.4 Å². The lowest BCUT2D eigenvalue weighted by molar-refractivity contribution is 0.232. The molecular weight excluding hydrogens is 448 g/mol. The van der Waals surface area contributed by atoms with E-state index in [-0.39, 0.29) is 13.1 Å². The first-order valence-corrected chi connectivity index (χ1v) is 10.1. The van der Waals surface area contributed by atoms with Crippen LogP contribution < -0.4 is 27.6 Å². The van der Waals surface area contributed by atoms with Gasteiger partial charge in [0.25, 0.3) is 0 Å². The van der Waals surface area contributed by atoms with E-state index >= 15 is 0 Å². The molecule has 2 aromatic carbocycles. The summed E-state index contributed by atoms with van der Waals surface area (Å²) in [4.78, 5) is 49.0. The normalized spacial score (nSPS) is 11.2. The van der Waals surface area contributed by atoms with Crippen LogP contribution in [0.5, 0.6) is 5.75 Å². The minimum Gasteiger partial charge on any atom is -0.497 e. The van der Waals surface area contributed by atoms with Crippen LogP contribution in [0.15, 0.2) is 89.1 Å². The molecule has 0 amide bonds. The Morgan fingerprint density at radius 1 is 0.735 bits per heavy atom. The molecule has 0 radical (unpaired) electrons. The lowest BCUT2D eigenvalue weighted by Crippen LogP contribution is -2.17. The van der Waals surface area contributed by atoms with Crippen LogP contribution in [0.2, 0.25) is 0 Å². The number of ether oxygens (including phenoxy) is 2. The molecule has 0 spiro atoms. The molecule has 0 atom stereocenters. The van der Waals surface area contributed by atoms with Gasteiger partial charge in [-0.2, -0.15) is 0 Å². The molecule has 0 aliphatic rings. The molecule has 0 aliphatic carbocycles. The zero-order valence-corrected chi connectivity index (χ0v) is 17.8. The Kier molecular flexibility index (Phi) is 6.77. The van der Waals surface area contributed by atoms with Crippen molar-refractivity contribution >= 4 is 0 Å². The molecule has 4 rings (SSSR count). The molecular formula is C22H20N4O8. The summed E-state index contributed by atoms with van der Waals surface area (Å²) >= 11 is 0. The van der Waals surface area contributed by atoms with Crippen molar-refractivity contribution in [2.75, 3.05) is 6.61 Å². The van der Waals surface area contributed by atoms with Crippen molar-refractivity contribution in [1.29, 1.82) is 0 Å². The minimum absolute atomic E-state index is 0.133. The Balaban J connectivity index is 1.18. The third kappa shape index (κ3) is 5.94. The van der Waals surface area contributed by atoms with E-state index in [9.17, 15) is 19.2 Å². The van der Waals surface area contributed by atoms with Gasteiger partial charge in [0.2, 0.25) is 0 Å². The van der Waals surface area contributed by atoms with Gasteiger partial charge in [-0.1, -0.05) is 36.4 Å². The minimum atomic E-state index is -0.794. The monoisotopic (exact) mass is 468 g/mol. The summed E-state index contributed by atoms with van der Waals surface area (Å²) in [5.41, 5.74) is 1.30. The van der Waals surface area contributed by atoms with Crippen LogP contribution in [0.3, 0.4) is 0 Å². The molecule has 0 aliphatic heterocycles. The van der Waals surface area contributed by atoms with Crippen molar-refractivity contribution < 1.29 is 18.5 Å². The molecule has 0 bridgehead atoms. The Morgan fingerprint density at radius 3 is 1.74 bits per heavy atom. The zero-order valence-electron chi connectivity index (χ0n) is 17.8. The molecule has 0 unspecified atom stereocenters. The van der Waals surface area contributed by atoms with Gasteiger partial charge in [-0.15, -0.1) is 9.48 Å². The maximum Gasteiger partial charge on any atom is 0.440 e. The highest BCUT2D eigenvalue weighted by Crippen LogP contribution is 2.13. The molecule has 12 heteroatoms. The van der Waals surface area contributed by atoms with E-state index in [0.29, 0.717) is 19.0 Å². The van der Waals surface area contributed by atoms with Crippen LogP contribution in [0.25, 0.3) is 0 Å². The van der Waals surface area contributed by atoms with Crippen LogP contribution in [0.1, 0.15) is 16.7 Å². The van der Waals surface area contributed by atoms with Gasteiger partial charge in [-0.05, 0) is 34.9 Å². The van der Waals surface area contributed by atoms with E-state index < -0.39 is 22.9 Å². The highest BCUT2D eigenvalue weighted by Gasteiger charge is 2.05. The summed E-state index contributed by atoms with van der Waals surface area (Å²) in [7, 11) is 0. The number of H-pyrrole nitrogens is 2. The van der Waals surface area contributed by atoms with Crippen molar-refractivity contribution in [3.05, 3.63) is 120 Å². The molecule has 2 N–H and O–H groups in total. The van der Waals surface area contributed by atoms with Crippen LogP contribution in [-0.2, 0) is 24.4 Å². The fourth-order valence-corrected chi connectivity index (χ4v) is 3.00. The van der Waals surface area contributed by atoms with Gasteiger partial charge >= 0.3 is 22.9 Å². The molecule has 176 valence electrons. The molecule has 2 aromatic heterocycles. The fourth-order valence-electron chi connectivity index (χ4n) is 3.00. The average molecular weight is 468 g/mol. The SMILES string of the molecule is O=c1[nH]c(=O)n(Cc2ccc(COC=CCOc3ccc(Cn4oc(=O)[nH]c4=O)cc3)cc2)o1. The van der Waals surface area contributed by atoms with Crippen molar-refractivity contribution in [2.45, 2.75) is 19.7 Å². The largest absolute Gasteiger partial charge is 0.497 e. The van der Waals surface area contributed by atoms with Crippen molar-refractivity contribution in [3.8, 4) is 5.75 Å². The van der Waals surface area contributed by atoms with Gasteiger partial charge in [-0.3, -0.25) is 0 Å². The maximum absolute atomic E-state index is 11.5.